The second kappa shape index (κ2) is 5.96. The van der Waals surface area contributed by atoms with E-state index in [1.807, 2.05) is 0 Å². The van der Waals surface area contributed by atoms with E-state index in [1.165, 1.54) is 31.6 Å². The highest BCUT2D eigenvalue weighted by Gasteiger charge is 2.14. The van der Waals surface area contributed by atoms with Crippen molar-refractivity contribution in [2.24, 2.45) is 0 Å². The van der Waals surface area contributed by atoms with Crippen molar-refractivity contribution in [1.82, 2.24) is 9.97 Å². The highest BCUT2D eigenvalue weighted by atomic mass is 16.6. The zero-order valence-corrected chi connectivity index (χ0v) is 11.0. The molecule has 0 aliphatic heterocycles. The molecule has 20 heavy (non-hydrogen) atoms. The second-order valence-corrected chi connectivity index (χ2v) is 3.88. The normalized spacial score (nSPS) is 10.1. The van der Waals surface area contributed by atoms with Crippen LogP contribution in [0.5, 0.6) is 0 Å². The average Bonchev–Trinajstić information content (AvgIpc) is 2.93. The maximum Gasteiger partial charge on any atom is 0.373 e. The van der Waals surface area contributed by atoms with Crippen molar-refractivity contribution in [3.63, 3.8) is 0 Å². The number of esters is 2. The van der Waals surface area contributed by atoms with Crippen molar-refractivity contribution in [2.45, 2.75) is 13.5 Å². The molecule has 0 saturated heterocycles. The molecule has 2 rings (SSSR count). The molecule has 0 unspecified atom stereocenters. The molecule has 2 heterocycles. The third kappa shape index (κ3) is 3.19. The van der Waals surface area contributed by atoms with Gasteiger partial charge in [-0.2, -0.15) is 0 Å². The molecule has 0 amide bonds. The summed E-state index contributed by atoms with van der Waals surface area (Å²) in [7, 11) is 1.25. The van der Waals surface area contributed by atoms with E-state index in [9.17, 15) is 9.59 Å². The number of hydrogen-bond acceptors (Lipinski definition) is 7. The molecule has 7 heteroatoms. The first-order valence-electron chi connectivity index (χ1n) is 5.73. The monoisotopic (exact) mass is 276 g/mol. The van der Waals surface area contributed by atoms with Crippen LogP contribution in [0, 0.1) is 6.92 Å². The highest BCUT2D eigenvalue weighted by molar-refractivity contribution is 5.87. The van der Waals surface area contributed by atoms with Gasteiger partial charge in [-0.1, -0.05) is 0 Å². The van der Waals surface area contributed by atoms with Gasteiger partial charge < -0.3 is 13.9 Å². The molecule has 0 atom stereocenters. The molecule has 0 aromatic carbocycles. The SMILES string of the molecule is COC(=O)c1ccc(COC(=O)c2cnc(C)cn2)o1. The standard InChI is InChI=1S/C13H12N2O5/c1-8-5-15-10(6-14-8)12(16)19-7-9-3-4-11(20-9)13(17)18-2/h3-6H,7H2,1-2H3. The lowest BCUT2D eigenvalue weighted by Gasteiger charge is -2.02. The van der Waals surface area contributed by atoms with Crippen molar-refractivity contribution in [2.75, 3.05) is 7.11 Å². The average molecular weight is 276 g/mol. The van der Waals surface area contributed by atoms with E-state index in [1.54, 1.807) is 6.92 Å². The zero-order chi connectivity index (χ0) is 14.5. The minimum atomic E-state index is -0.617. The lowest BCUT2D eigenvalue weighted by atomic mass is 10.4. The molecule has 0 saturated carbocycles. The van der Waals surface area contributed by atoms with E-state index >= 15 is 0 Å². The molecule has 2 aromatic heterocycles. The summed E-state index contributed by atoms with van der Waals surface area (Å²) in [6.45, 7) is 1.66. The Morgan fingerprint density at radius 3 is 2.65 bits per heavy atom. The molecule has 7 nitrogen and oxygen atoms in total. The Morgan fingerprint density at radius 2 is 2.00 bits per heavy atom. The lowest BCUT2D eigenvalue weighted by molar-refractivity contribution is 0.0431. The summed E-state index contributed by atoms with van der Waals surface area (Å²) in [6, 6.07) is 2.97. The van der Waals surface area contributed by atoms with Gasteiger partial charge in [-0.25, -0.2) is 14.6 Å². The van der Waals surface area contributed by atoms with Gasteiger partial charge in [-0.05, 0) is 19.1 Å². The quantitative estimate of drug-likeness (QED) is 0.782. The Hall–Kier alpha value is -2.70. The van der Waals surface area contributed by atoms with Crippen molar-refractivity contribution >= 4 is 11.9 Å². The molecule has 0 bridgehead atoms. The molecule has 2 aromatic rings. The summed E-state index contributed by atoms with van der Waals surface area (Å²) in [5.41, 5.74) is 0.811. The molecular formula is C13H12N2O5. The molecule has 104 valence electrons. The number of rotatable bonds is 4. The van der Waals surface area contributed by atoms with Gasteiger partial charge >= 0.3 is 11.9 Å². The van der Waals surface area contributed by atoms with E-state index in [2.05, 4.69) is 14.7 Å². The van der Waals surface area contributed by atoms with Gasteiger partial charge in [0.2, 0.25) is 5.76 Å². The predicted molar refractivity (Wildman–Crippen MR) is 65.9 cm³/mol. The summed E-state index contributed by atoms with van der Waals surface area (Å²) >= 11 is 0. The van der Waals surface area contributed by atoms with Crippen LogP contribution in [0.4, 0.5) is 0 Å². The van der Waals surface area contributed by atoms with Crippen molar-refractivity contribution in [1.29, 1.82) is 0 Å². The maximum absolute atomic E-state index is 11.7. The highest BCUT2D eigenvalue weighted by Crippen LogP contribution is 2.11. The van der Waals surface area contributed by atoms with Crippen LogP contribution in [-0.4, -0.2) is 29.0 Å². The van der Waals surface area contributed by atoms with Crippen LogP contribution in [0.2, 0.25) is 0 Å². The van der Waals surface area contributed by atoms with Gasteiger partial charge in [0.1, 0.15) is 12.4 Å². The van der Waals surface area contributed by atoms with Crippen LogP contribution in [0.15, 0.2) is 28.9 Å². The first-order valence-corrected chi connectivity index (χ1v) is 5.73. The largest absolute Gasteiger partial charge is 0.463 e. The molecular weight excluding hydrogens is 264 g/mol. The molecule has 0 spiro atoms. The number of carbonyl (C=O) groups is 2. The zero-order valence-electron chi connectivity index (χ0n) is 11.0. The van der Waals surface area contributed by atoms with Crippen molar-refractivity contribution < 1.29 is 23.5 Å². The Labute approximate surface area is 114 Å². The van der Waals surface area contributed by atoms with E-state index < -0.39 is 11.9 Å². The maximum atomic E-state index is 11.7. The van der Waals surface area contributed by atoms with Gasteiger partial charge in [0.05, 0.1) is 19.0 Å². The summed E-state index contributed by atoms with van der Waals surface area (Å²) < 4.78 is 14.6. The van der Waals surface area contributed by atoms with Crippen molar-refractivity contribution in [3.05, 3.63) is 47.4 Å². The fraction of sp³-hybridized carbons (Fsp3) is 0.231. The summed E-state index contributed by atoms with van der Waals surface area (Å²) in [5.74, 6) is -0.826. The number of aromatic nitrogens is 2. The van der Waals surface area contributed by atoms with E-state index in [4.69, 9.17) is 9.15 Å². The Morgan fingerprint density at radius 1 is 1.20 bits per heavy atom. The van der Waals surface area contributed by atoms with Gasteiger partial charge in [-0.3, -0.25) is 4.98 Å². The molecule has 0 fully saturated rings. The smallest absolute Gasteiger partial charge is 0.373 e. The van der Waals surface area contributed by atoms with Crippen LogP contribution in [0.1, 0.15) is 32.5 Å². The number of nitrogens with zero attached hydrogens (tertiary/aromatic N) is 2. The summed E-state index contributed by atoms with van der Waals surface area (Å²) in [4.78, 5) is 30.7. The fourth-order valence-corrected chi connectivity index (χ4v) is 1.37. The van der Waals surface area contributed by atoms with Gasteiger partial charge in [-0.15, -0.1) is 0 Å². The first kappa shape index (κ1) is 13.7. The first-order chi connectivity index (χ1) is 9.60. The number of aryl methyl sites for hydroxylation is 1. The third-order valence-electron chi connectivity index (χ3n) is 2.38. The van der Waals surface area contributed by atoms with Crippen molar-refractivity contribution in [3.8, 4) is 0 Å². The molecule has 0 radical (unpaired) electrons. The minimum Gasteiger partial charge on any atom is -0.463 e. The number of methoxy groups -OCH3 is 1. The molecule has 0 aliphatic rings. The summed E-state index contributed by atoms with van der Waals surface area (Å²) in [6.07, 6.45) is 2.80. The van der Waals surface area contributed by atoms with Crippen LogP contribution < -0.4 is 0 Å². The topological polar surface area (TPSA) is 91.5 Å². The summed E-state index contributed by atoms with van der Waals surface area (Å²) in [5, 5.41) is 0. The number of hydrogen-bond donors (Lipinski definition) is 0. The Balaban J connectivity index is 1.95. The van der Waals surface area contributed by atoms with Gasteiger partial charge in [0.15, 0.2) is 5.69 Å². The number of ether oxygens (including phenoxy) is 2. The van der Waals surface area contributed by atoms with Crippen LogP contribution in [0.3, 0.4) is 0 Å². The van der Waals surface area contributed by atoms with E-state index in [0.717, 1.165) is 0 Å². The Kier molecular flexibility index (Phi) is 4.09. The number of furan rings is 1. The van der Waals surface area contributed by atoms with Crippen LogP contribution >= 0.6 is 0 Å². The second-order valence-electron chi connectivity index (χ2n) is 3.88. The molecule has 0 aliphatic carbocycles. The predicted octanol–water partition coefficient (Wildman–Crippen LogP) is 1.52. The molecule has 0 N–H and O–H groups in total. The number of carbonyl (C=O) groups excluding carboxylic acids is 2. The minimum absolute atomic E-state index is 0.0497. The van der Waals surface area contributed by atoms with Gasteiger partial charge in [0, 0.05) is 6.20 Å². The Bertz CT molecular complexity index is 618. The van der Waals surface area contributed by atoms with E-state index in [0.29, 0.717) is 11.5 Å². The fourth-order valence-electron chi connectivity index (χ4n) is 1.37. The van der Waals surface area contributed by atoms with E-state index in [-0.39, 0.29) is 18.1 Å². The third-order valence-corrected chi connectivity index (χ3v) is 2.38. The van der Waals surface area contributed by atoms with Gasteiger partial charge in [0.25, 0.3) is 0 Å². The van der Waals surface area contributed by atoms with Crippen LogP contribution in [-0.2, 0) is 16.1 Å². The lowest BCUT2D eigenvalue weighted by Crippen LogP contribution is -2.08. The van der Waals surface area contributed by atoms with Crippen LogP contribution in [0.25, 0.3) is 0 Å².